The number of hydrogen-bond donors (Lipinski definition) is 3. The third-order valence-corrected chi connectivity index (χ3v) is 15.0. The van der Waals surface area contributed by atoms with Crippen molar-refractivity contribution in [3.8, 4) is 5.69 Å². The number of likely N-dealkylation sites (tertiary alicyclic amines) is 1. The molecule has 12 atom stereocenters. The van der Waals surface area contributed by atoms with Gasteiger partial charge in [0, 0.05) is 42.8 Å². The second-order valence-corrected chi connectivity index (χ2v) is 20.8. The molecular formula is C56H79N7O8. The number of aliphatic hydroxyl groups excluding tert-OH is 3. The highest BCUT2D eigenvalue weighted by molar-refractivity contribution is 5.91. The number of aliphatic hydroxyl groups is 3. The first-order chi connectivity index (χ1) is 34.2. The lowest BCUT2D eigenvalue weighted by molar-refractivity contribution is -0.304. The number of aromatic nitrogens is 4. The standard InChI is InChI=1S/C56H79N7O8/c1-8-50-44(34-61-25-16-9-10-17-26-61)28-37(2)22-23-48(64)38(3)29-43(55(39(4)49(65)31-51(66)70-50)71-56-54(68)52(60(6)7)53(67)40(5)69-56)24-27-62(33-41-18-12-11-13-19-41)35-45-36-63(59-58-45)46-30-42-20-14-15-21-47(42)57-32-46/h11-15,18-23,28,30,32,36,38-40,43-44,49-50,52-56,65,67-68H,8-10,16-17,24-27,29,31,33-35H2,1-7H3/b23-22+,37-28+/t38-,39+,40-,43+,44-,49-,50-,52+,53-,54-,55-,56+/m1/s1. The number of likely N-dealkylation sites (N-methyl/N-ethyl adjacent to an activating group) is 1. The maximum absolute atomic E-state index is 14.3. The van der Waals surface area contributed by atoms with Gasteiger partial charge in [-0.3, -0.25) is 19.5 Å². The van der Waals surface area contributed by atoms with Crippen molar-refractivity contribution in [2.45, 2.75) is 148 Å². The van der Waals surface area contributed by atoms with Crippen LogP contribution >= 0.6 is 0 Å². The highest BCUT2D eigenvalue weighted by atomic mass is 16.7. The lowest BCUT2D eigenvalue weighted by Crippen LogP contribution is -2.63. The van der Waals surface area contributed by atoms with E-state index in [9.17, 15) is 24.9 Å². The van der Waals surface area contributed by atoms with E-state index in [2.05, 4.69) is 43.3 Å². The molecule has 3 aliphatic heterocycles. The van der Waals surface area contributed by atoms with Gasteiger partial charge in [0.25, 0.3) is 0 Å². The van der Waals surface area contributed by atoms with Crippen LogP contribution in [0.5, 0.6) is 0 Å². The summed E-state index contributed by atoms with van der Waals surface area (Å²) < 4.78 is 21.3. The molecule has 2 aromatic carbocycles. The number of pyridine rings is 1. The largest absolute Gasteiger partial charge is 0.462 e. The highest BCUT2D eigenvalue weighted by Gasteiger charge is 2.47. The molecule has 15 heteroatoms. The van der Waals surface area contributed by atoms with E-state index in [1.54, 1.807) is 42.9 Å². The molecule has 0 saturated carbocycles. The number of cyclic esters (lactones) is 1. The third-order valence-electron chi connectivity index (χ3n) is 15.0. The smallest absolute Gasteiger partial charge is 0.308 e. The average Bonchev–Trinajstić information content (AvgIpc) is 3.67. The van der Waals surface area contributed by atoms with Gasteiger partial charge in [0.05, 0.1) is 66.2 Å². The van der Waals surface area contributed by atoms with Crippen LogP contribution in [-0.4, -0.2) is 151 Å². The van der Waals surface area contributed by atoms with Crippen molar-refractivity contribution in [2.75, 3.05) is 40.3 Å². The molecule has 4 aromatic rings. The van der Waals surface area contributed by atoms with Gasteiger partial charge in [0.2, 0.25) is 0 Å². The Morgan fingerprint density at radius 1 is 0.901 bits per heavy atom. The molecule has 71 heavy (non-hydrogen) atoms. The van der Waals surface area contributed by atoms with Crippen LogP contribution in [0, 0.1) is 23.7 Å². The van der Waals surface area contributed by atoms with E-state index in [0.717, 1.165) is 65.9 Å². The molecule has 15 nitrogen and oxygen atoms in total. The molecule has 2 saturated heterocycles. The van der Waals surface area contributed by atoms with Crippen LogP contribution in [0.25, 0.3) is 16.6 Å². The van der Waals surface area contributed by atoms with Crippen LogP contribution in [0.3, 0.4) is 0 Å². The SMILES string of the molecule is CC[C@H]1OC(=O)C[C@@H](O)[C@H](C)[C@@H](O[C@@H]2O[C@H](C)[C@@H](O)[C@H](N(C)C)[C@H]2O)[C@@H](CCN(Cc2ccccc2)Cc2cn(-c3cnc4ccccc4c3)nn2)C[C@@H](C)C(=O)/C=C/C(C)=C/[C@@H]1CN1CCCCCC1. The number of benzene rings is 2. The van der Waals surface area contributed by atoms with E-state index in [1.807, 2.05) is 88.5 Å². The molecule has 7 rings (SSSR count). The Morgan fingerprint density at radius 3 is 2.37 bits per heavy atom. The van der Waals surface area contributed by atoms with Gasteiger partial charge in [-0.25, -0.2) is 4.68 Å². The van der Waals surface area contributed by atoms with Crippen LogP contribution in [0.15, 0.2) is 96.9 Å². The molecule has 5 heterocycles. The first-order valence-corrected chi connectivity index (χ1v) is 26.0. The van der Waals surface area contributed by atoms with Gasteiger partial charge in [-0.15, -0.1) is 5.10 Å². The van der Waals surface area contributed by atoms with E-state index in [0.29, 0.717) is 38.9 Å². The number of ether oxygens (including phenoxy) is 3. The maximum atomic E-state index is 14.3. The zero-order chi connectivity index (χ0) is 50.6. The molecule has 3 N–H and O–H groups in total. The van der Waals surface area contributed by atoms with Gasteiger partial charge in [-0.05, 0) is 109 Å². The molecule has 2 aromatic heterocycles. The zero-order valence-corrected chi connectivity index (χ0v) is 43.0. The van der Waals surface area contributed by atoms with Crippen molar-refractivity contribution in [3.05, 3.63) is 108 Å². The Hall–Kier alpha value is -4.71. The summed E-state index contributed by atoms with van der Waals surface area (Å²) in [6.07, 6.45) is 8.63. The van der Waals surface area contributed by atoms with Crippen molar-refractivity contribution < 1.29 is 39.1 Å². The number of allylic oxidation sites excluding steroid dienone is 3. The number of nitrogens with zero attached hydrogens (tertiary/aromatic N) is 7. The molecule has 0 bridgehead atoms. The first-order valence-electron chi connectivity index (χ1n) is 26.0. The maximum Gasteiger partial charge on any atom is 0.308 e. The summed E-state index contributed by atoms with van der Waals surface area (Å²) in [5.41, 5.74) is 4.45. The summed E-state index contributed by atoms with van der Waals surface area (Å²) >= 11 is 0. The Kier molecular flexibility index (Phi) is 19.6. The number of hydrogen-bond acceptors (Lipinski definition) is 14. The summed E-state index contributed by atoms with van der Waals surface area (Å²) in [5.74, 6) is -2.20. The molecule has 3 aliphatic rings. The summed E-state index contributed by atoms with van der Waals surface area (Å²) in [6, 6.07) is 19.5. The fraction of sp³-hybridized carbons (Fsp3) is 0.589. The molecule has 0 amide bonds. The van der Waals surface area contributed by atoms with Crippen molar-refractivity contribution in [1.29, 1.82) is 0 Å². The summed E-state index contributed by atoms with van der Waals surface area (Å²) in [6.45, 7) is 13.8. The van der Waals surface area contributed by atoms with Crippen LogP contribution in [0.2, 0.25) is 0 Å². The van der Waals surface area contributed by atoms with Crippen LogP contribution in [-0.2, 0) is 36.9 Å². The third kappa shape index (κ3) is 14.7. The number of carbonyl (C=O) groups excluding carboxylic acids is 2. The highest BCUT2D eigenvalue weighted by Crippen LogP contribution is 2.35. The van der Waals surface area contributed by atoms with Crippen molar-refractivity contribution in [1.82, 2.24) is 34.7 Å². The van der Waals surface area contributed by atoms with Gasteiger partial charge in [0.1, 0.15) is 12.2 Å². The minimum absolute atomic E-state index is 0.0383. The summed E-state index contributed by atoms with van der Waals surface area (Å²) in [7, 11) is 3.58. The van der Waals surface area contributed by atoms with E-state index < -0.39 is 72.7 Å². The Bertz CT molecular complexity index is 2370. The van der Waals surface area contributed by atoms with Gasteiger partial charge in [-0.1, -0.05) is 105 Å². The molecule has 2 fully saturated rings. The topological polar surface area (TPSA) is 176 Å². The fourth-order valence-electron chi connectivity index (χ4n) is 10.8. The van der Waals surface area contributed by atoms with Crippen LogP contribution < -0.4 is 0 Å². The van der Waals surface area contributed by atoms with Crippen LogP contribution in [0.4, 0.5) is 0 Å². The number of esters is 1. The number of fused-ring (bicyclic) bond motifs is 1. The first kappa shape index (κ1) is 54.1. The fourth-order valence-corrected chi connectivity index (χ4v) is 10.8. The number of carbonyl (C=O) groups is 2. The van der Waals surface area contributed by atoms with Gasteiger partial charge >= 0.3 is 5.97 Å². The lowest BCUT2D eigenvalue weighted by atomic mass is 9.79. The lowest BCUT2D eigenvalue weighted by Gasteiger charge is -2.46. The number of para-hydroxylation sites is 1. The molecule has 0 spiro atoms. The second-order valence-electron chi connectivity index (χ2n) is 20.8. The minimum atomic E-state index is -1.26. The van der Waals surface area contributed by atoms with Gasteiger partial charge in [-0.2, -0.15) is 0 Å². The van der Waals surface area contributed by atoms with E-state index in [1.165, 1.54) is 12.8 Å². The van der Waals surface area contributed by atoms with E-state index in [-0.39, 0.29) is 18.1 Å². The molecule has 0 aliphatic carbocycles. The number of rotatable bonds is 14. The summed E-state index contributed by atoms with van der Waals surface area (Å²) in [5, 5.41) is 45.4. The Morgan fingerprint density at radius 2 is 1.63 bits per heavy atom. The normalized spacial score (nSPS) is 31.3. The Labute approximate surface area is 420 Å². The monoisotopic (exact) mass is 978 g/mol. The minimum Gasteiger partial charge on any atom is -0.462 e. The van der Waals surface area contributed by atoms with Gasteiger partial charge in [0.15, 0.2) is 12.1 Å². The molecular weight excluding hydrogens is 899 g/mol. The number of ketones is 1. The second kappa shape index (κ2) is 25.8. The van der Waals surface area contributed by atoms with Crippen molar-refractivity contribution >= 4 is 22.7 Å². The quantitative estimate of drug-likeness (QED) is 0.111. The van der Waals surface area contributed by atoms with E-state index in [4.69, 9.17) is 14.2 Å². The molecule has 0 unspecified atom stereocenters. The predicted octanol–water partition coefficient (Wildman–Crippen LogP) is 6.92. The van der Waals surface area contributed by atoms with Crippen molar-refractivity contribution in [3.63, 3.8) is 0 Å². The van der Waals surface area contributed by atoms with Crippen LogP contribution in [0.1, 0.15) is 97.2 Å². The average molecular weight is 978 g/mol. The summed E-state index contributed by atoms with van der Waals surface area (Å²) in [4.78, 5) is 39.5. The zero-order valence-electron chi connectivity index (χ0n) is 43.0. The predicted molar refractivity (Wildman–Crippen MR) is 274 cm³/mol. The Balaban J connectivity index is 1.22. The molecule has 0 radical (unpaired) electrons. The molecule has 386 valence electrons. The van der Waals surface area contributed by atoms with Crippen molar-refractivity contribution in [2.24, 2.45) is 23.7 Å². The van der Waals surface area contributed by atoms with Gasteiger partial charge < -0.3 is 39.3 Å². The van der Waals surface area contributed by atoms with E-state index >= 15 is 0 Å².